The first kappa shape index (κ1) is 12.4. The molecule has 2 N–H and O–H groups in total. The third kappa shape index (κ3) is 2.98. The SMILES string of the molecule is Nc1cn(Cc2ccc(Br)cc2)cc(Br)c1=O. The van der Waals surface area contributed by atoms with Gasteiger partial charge in [0.1, 0.15) is 0 Å². The van der Waals surface area contributed by atoms with E-state index >= 15 is 0 Å². The van der Waals surface area contributed by atoms with Crippen molar-refractivity contribution in [3.05, 3.63) is 61.4 Å². The molecule has 0 bridgehead atoms. The van der Waals surface area contributed by atoms with Crippen molar-refractivity contribution in [2.24, 2.45) is 0 Å². The predicted octanol–water partition coefficient (Wildman–Crippen LogP) is 3.00. The summed E-state index contributed by atoms with van der Waals surface area (Å²) in [7, 11) is 0. The Hall–Kier alpha value is -1.07. The molecule has 0 amide bonds. The van der Waals surface area contributed by atoms with Crippen molar-refractivity contribution >= 4 is 37.5 Å². The summed E-state index contributed by atoms with van der Waals surface area (Å²) >= 11 is 6.59. The predicted molar refractivity (Wildman–Crippen MR) is 76.1 cm³/mol. The van der Waals surface area contributed by atoms with Gasteiger partial charge >= 0.3 is 0 Å². The van der Waals surface area contributed by atoms with Crippen molar-refractivity contribution in [3.63, 3.8) is 0 Å². The minimum absolute atomic E-state index is 0.169. The molecule has 1 heterocycles. The fourth-order valence-electron chi connectivity index (χ4n) is 1.51. The van der Waals surface area contributed by atoms with E-state index in [1.54, 1.807) is 12.4 Å². The summed E-state index contributed by atoms with van der Waals surface area (Å²) in [5.41, 5.74) is 6.85. The molecule has 2 aromatic rings. The zero-order valence-corrected chi connectivity index (χ0v) is 12.0. The van der Waals surface area contributed by atoms with Crippen LogP contribution < -0.4 is 11.2 Å². The molecular formula is C12H10Br2N2O. The Morgan fingerprint density at radius 3 is 2.35 bits per heavy atom. The normalized spacial score (nSPS) is 10.5. The van der Waals surface area contributed by atoms with Crippen LogP contribution in [0, 0.1) is 0 Å². The Labute approximate surface area is 116 Å². The van der Waals surface area contributed by atoms with E-state index in [4.69, 9.17) is 5.73 Å². The lowest BCUT2D eigenvalue weighted by Gasteiger charge is -2.08. The number of nitrogens with zero attached hydrogens (tertiary/aromatic N) is 1. The Bertz CT molecular complexity index is 564. The standard InChI is InChI=1S/C12H10Br2N2O/c13-9-3-1-8(2-4-9)5-16-6-10(14)12(17)11(15)7-16/h1-4,6-7H,5,15H2. The highest BCUT2D eigenvalue weighted by Crippen LogP contribution is 2.13. The Kier molecular flexibility index (Phi) is 3.69. The molecular weight excluding hydrogens is 348 g/mol. The lowest BCUT2D eigenvalue weighted by atomic mass is 10.2. The summed E-state index contributed by atoms with van der Waals surface area (Å²) in [4.78, 5) is 11.4. The molecule has 1 aromatic heterocycles. The molecule has 1 aromatic carbocycles. The van der Waals surface area contributed by atoms with E-state index in [2.05, 4.69) is 31.9 Å². The maximum Gasteiger partial charge on any atom is 0.218 e. The van der Waals surface area contributed by atoms with Gasteiger partial charge in [0, 0.05) is 23.4 Å². The van der Waals surface area contributed by atoms with Gasteiger partial charge in [-0.2, -0.15) is 0 Å². The van der Waals surface area contributed by atoms with Crippen molar-refractivity contribution in [2.45, 2.75) is 6.54 Å². The molecule has 0 unspecified atom stereocenters. The Morgan fingerprint density at radius 1 is 1.12 bits per heavy atom. The molecule has 0 saturated heterocycles. The van der Waals surface area contributed by atoms with Gasteiger partial charge in [0.05, 0.1) is 10.2 Å². The van der Waals surface area contributed by atoms with Gasteiger partial charge in [-0.1, -0.05) is 28.1 Å². The number of halogens is 2. The van der Waals surface area contributed by atoms with Gasteiger partial charge in [-0.05, 0) is 33.6 Å². The van der Waals surface area contributed by atoms with Crippen molar-refractivity contribution in [3.8, 4) is 0 Å². The van der Waals surface area contributed by atoms with Crippen LogP contribution in [0.5, 0.6) is 0 Å². The van der Waals surface area contributed by atoms with Gasteiger partial charge in [0.15, 0.2) is 0 Å². The summed E-state index contributed by atoms with van der Waals surface area (Å²) in [5, 5.41) is 0. The first-order valence-electron chi connectivity index (χ1n) is 4.96. The molecule has 0 aliphatic carbocycles. The van der Waals surface area contributed by atoms with Crippen LogP contribution in [0.25, 0.3) is 0 Å². The van der Waals surface area contributed by atoms with Crippen molar-refractivity contribution in [2.75, 3.05) is 5.73 Å². The number of anilines is 1. The van der Waals surface area contributed by atoms with Crippen LogP contribution >= 0.6 is 31.9 Å². The molecule has 2 rings (SSSR count). The summed E-state index contributed by atoms with van der Waals surface area (Å²) in [6.45, 7) is 0.677. The molecule has 0 aliphatic rings. The van der Waals surface area contributed by atoms with Gasteiger partial charge in [0.2, 0.25) is 5.43 Å². The molecule has 0 atom stereocenters. The minimum atomic E-state index is -0.169. The van der Waals surface area contributed by atoms with Gasteiger partial charge in [0.25, 0.3) is 0 Å². The Balaban J connectivity index is 2.30. The molecule has 3 nitrogen and oxygen atoms in total. The van der Waals surface area contributed by atoms with E-state index in [1.165, 1.54) is 0 Å². The monoisotopic (exact) mass is 356 g/mol. The van der Waals surface area contributed by atoms with Crippen LogP contribution in [0.1, 0.15) is 5.56 Å². The number of nitrogens with two attached hydrogens (primary N) is 1. The molecule has 0 aliphatic heterocycles. The first-order valence-corrected chi connectivity index (χ1v) is 6.54. The maximum atomic E-state index is 11.4. The highest BCUT2D eigenvalue weighted by molar-refractivity contribution is 9.10. The molecule has 0 spiro atoms. The van der Waals surface area contributed by atoms with E-state index < -0.39 is 0 Å². The number of nitrogen functional groups attached to an aromatic ring is 1. The van der Waals surface area contributed by atoms with Crippen molar-refractivity contribution in [1.82, 2.24) is 4.57 Å². The van der Waals surface area contributed by atoms with Gasteiger partial charge < -0.3 is 10.3 Å². The van der Waals surface area contributed by atoms with Crippen LogP contribution in [-0.4, -0.2) is 4.57 Å². The lowest BCUT2D eigenvalue weighted by molar-refractivity contribution is 0.787. The number of pyridine rings is 1. The number of rotatable bonds is 2. The average molecular weight is 358 g/mol. The van der Waals surface area contributed by atoms with Crippen LogP contribution in [0.15, 0.2) is 50.4 Å². The van der Waals surface area contributed by atoms with Gasteiger partial charge in [-0.3, -0.25) is 4.79 Å². The molecule has 0 radical (unpaired) electrons. The molecule has 88 valence electrons. The second-order valence-electron chi connectivity index (χ2n) is 3.69. The molecule has 5 heteroatoms. The van der Waals surface area contributed by atoms with Crippen molar-refractivity contribution in [1.29, 1.82) is 0 Å². The minimum Gasteiger partial charge on any atom is -0.394 e. The summed E-state index contributed by atoms with van der Waals surface area (Å²) in [6, 6.07) is 8.01. The highest BCUT2D eigenvalue weighted by Gasteiger charge is 2.02. The topological polar surface area (TPSA) is 48.0 Å². The largest absolute Gasteiger partial charge is 0.394 e. The van der Waals surface area contributed by atoms with E-state index in [-0.39, 0.29) is 11.1 Å². The smallest absolute Gasteiger partial charge is 0.218 e. The van der Waals surface area contributed by atoms with Crippen LogP contribution in [-0.2, 0) is 6.54 Å². The lowest BCUT2D eigenvalue weighted by Crippen LogP contribution is -2.13. The second-order valence-corrected chi connectivity index (χ2v) is 5.46. The summed E-state index contributed by atoms with van der Waals surface area (Å²) < 4.78 is 3.40. The number of hydrogen-bond acceptors (Lipinski definition) is 2. The number of hydrogen-bond donors (Lipinski definition) is 1. The summed E-state index contributed by atoms with van der Waals surface area (Å²) in [5.74, 6) is 0. The quantitative estimate of drug-likeness (QED) is 0.898. The Morgan fingerprint density at radius 2 is 1.76 bits per heavy atom. The molecule has 0 fully saturated rings. The third-order valence-electron chi connectivity index (χ3n) is 2.34. The van der Waals surface area contributed by atoms with Crippen LogP contribution in [0.2, 0.25) is 0 Å². The number of benzene rings is 1. The molecule has 0 saturated carbocycles. The van der Waals surface area contributed by atoms with E-state index in [0.29, 0.717) is 11.0 Å². The third-order valence-corrected chi connectivity index (χ3v) is 3.44. The van der Waals surface area contributed by atoms with Crippen molar-refractivity contribution < 1.29 is 0 Å². The fraction of sp³-hybridized carbons (Fsp3) is 0.0833. The average Bonchev–Trinajstić information content (AvgIpc) is 2.29. The molecule has 17 heavy (non-hydrogen) atoms. The first-order chi connectivity index (χ1) is 8.06. The zero-order chi connectivity index (χ0) is 12.4. The summed E-state index contributed by atoms with van der Waals surface area (Å²) in [6.07, 6.45) is 3.38. The maximum absolute atomic E-state index is 11.4. The zero-order valence-electron chi connectivity index (χ0n) is 8.86. The highest BCUT2D eigenvalue weighted by atomic mass is 79.9. The number of aromatic nitrogens is 1. The van der Waals surface area contributed by atoms with Crippen LogP contribution in [0.4, 0.5) is 5.69 Å². The van der Waals surface area contributed by atoms with Gasteiger partial charge in [-0.15, -0.1) is 0 Å². The van der Waals surface area contributed by atoms with E-state index in [1.807, 2.05) is 28.8 Å². The van der Waals surface area contributed by atoms with E-state index in [9.17, 15) is 4.79 Å². The fourth-order valence-corrected chi connectivity index (χ4v) is 2.26. The van der Waals surface area contributed by atoms with Crippen LogP contribution in [0.3, 0.4) is 0 Å². The van der Waals surface area contributed by atoms with E-state index in [0.717, 1.165) is 10.0 Å². The second kappa shape index (κ2) is 5.06. The van der Waals surface area contributed by atoms with Gasteiger partial charge in [-0.25, -0.2) is 0 Å².